The largest absolute Gasteiger partial charge is 0.481 e. The highest BCUT2D eigenvalue weighted by molar-refractivity contribution is 5.76. The van der Waals surface area contributed by atoms with Crippen molar-refractivity contribution in [1.29, 1.82) is 0 Å². The van der Waals surface area contributed by atoms with Gasteiger partial charge in [0.15, 0.2) is 0 Å². The lowest BCUT2D eigenvalue weighted by atomic mass is 9.79. The Hall–Kier alpha value is -0.610. The molecule has 0 aromatic rings. The summed E-state index contributed by atoms with van der Waals surface area (Å²) in [5.74, 6) is -0.890. The van der Waals surface area contributed by atoms with Crippen LogP contribution in [0.25, 0.3) is 0 Å². The second-order valence-electron chi connectivity index (χ2n) is 4.63. The van der Waals surface area contributed by atoms with Crippen molar-refractivity contribution in [3.05, 3.63) is 0 Å². The standard InChI is InChI=1S/C11H21NO3/c1-2-3-4-5-11(10(14)15)7-8(12)6-9(11)13/h8-9,13H,2-7,12H2,1H3,(H,14,15). The van der Waals surface area contributed by atoms with Gasteiger partial charge in [0.25, 0.3) is 0 Å². The zero-order chi connectivity index (χ0) is 11.5. The van der Waals surface area contributed by atoms with Crippen LogP contribution in [0.5, 0.6) is 0 Å². The van der Waals surface area contributed by atoms with E-state index in [1.54, 1.807) is 0 Å². The average molecular weight is 215 g/mol. The summed E-state index contributed by atoms with van der Waals surface area (Å²) in [5.41, 5.74) is 4.74. The van der Waals surface area contributed by atoms with Gasteiger partial charge in [-0.3, -0.25) is 4.79 Å². The van der Waals surface area contributed by atoms with E-state index in [2.05, 4.69) is 6.92 Å². The fraction of sp³-hybridized carbons (Fsp3) is 0.909. The third kappa shape index (κ3) is 2.49. The molecule has 4 heteroatoms. The van der Waals surface area contributed by atoms with Crippen LogP contribution in [0.3, 0.4) is 0 Å². The number of aliphatic hydroxyl groups excluding tert-OH is 1. The van der Waals surface area contributed by atoms with E-state index < -0.39 is 17.5 Å². The summed E-state index contributed by atoms with van der Waals surface area (Å²) in [4.78, 5) is 11.3. The number of carboxylic acid groups (broad SMARTS) is 1. The highest BCUT2D eigenvalue weighted by Crippen LogP contribution is 2.42. The first-order valence-corrected chi connectivity index (χ1v) is 5.70. The lowest BCUT2D eigenvalue weighted by Gasteiger charge is -2.27. The molecule has 0 heterocycles. The van der Waals surface area contributed by atoms with Crippen LogP contribution >= 0.6 is 0 Å². The van der Waals surface area contributed by atoms with Gasteiger partial charge in [0, 0.05) is 6.04 Å². The number of unbranched alkanes of at least 4 members (excludes halogenated alkanes) is 2. The van der Waals surface area contributed by atoms with Crippen LogP contribution < -0.4 is 5.73 Å². The normalized spacial score (nSPS) is 35.7. The minimum absolute atomic E-state index is 0.169. The Morgan fingerprint density at radius 2 is 2.20 bits per heavy atom. The summed E-state index contributed by atoms with van der Waals surface area (Å²) in [6.45, 7) is 2.07. The van der Waals surface area contributed by atoms with Gasteiger partial charge in [-0.2, -0.15) is 0 Å². The van der Waals surface area contributed by atoms with E-state index in [1.165, 1.54) is 0 Å². The van der Waals surface area contributed by atoms with Gasteiger partial charge in [-0.05, 0) is 19.3 Å². The van der Waals surface area contributed by atoms with Crippen molar-refractivity contribution < 1.29 is 15.0 Å². The molecule has 1 fully saturated rings. The average Bonchev–Trinajstić information content (AvgIpc) is 2.43. The molecule has 3 atom stereocenters. The maximum atomic E-state index is 11.3. The molecule has 1 saturated carbocycles. The van der Waals surface area contributed by atoms with Gasteiger partial charge in [-0.1, -0.05) is 26.2 Å². The summed E-state index contributed by atoms with van der Waals surface area (Å²) in [6, 6.07) is -0.169. The van der Waals surface area contributed by atoms with E-state index in [1.807, 2.05) is 0 Å². The van der Waals surface area contributed by atoms with Crippen LogP contribution in [0.4, 0.5) is 0 Å². The minimum atomic E-state index is -0.978. The molecule has 4 nitrogen and oxygen atoms in total. The Kier molecular flexibility index (Phi) is 4.11. The summed E-state index contributed by atoms with van der Waals surface area (Å²) < 4.78 is 0. The minimum Gasteiger partial charge on any atom is -0.481 e. The summed E-state index contributed by atoms with van der Waals surface area (Å²) in [7, 11) is 0. The van der Waals surface area contributed by atoms with Gasteiger partial charge < -0.3 is 15.9 Å². The number of aliphatic hydroxyl groups is 1. The van der Waals surface area contributed by atoms with Crippen molar-refractivity contribution in [2.24, 2.45) is 11.1 Å². The van der Waals surface area contributed by atoms with Crippen LogP contribution in [0, 0.1) is 5.41 Å². The van der Waals surface area contributed by atoms with Gasteiger partial charge in [0.1, 0.15) is 0 Å². The van der Waals surface area contributed by atoms with E-state index in [4.69, 9.17) is 5.73 Å². The lowest BCUT2D eigenvalue weighted by molar-refractivity contribution is -0.155. The Morgan fingerprint density at radius 1 is 1.53 bits per heavy atom. The molecular formula is C11H21NO3. The molecule has 15 heavy (non-hydrogen) atoms. The monoisotopic (exact) mass is 215 g/mol. The topological polar surface area (TPSA) is 83.5 Å². The summed E-state index contributed by atoms with van der Waals surface area (Å²) >= 11 is 0. The molecule has 4 N–H and O–H groups in total. The highest BCUT2D eigenvalue weighted by atomic mass is 16.4. The first-order valence-electron chi connectivity index (χ1n) is 5.70. The van der Waals surface area contributed by atoms with Gasteiger partial charge in [0.2, 0.25) is 0 Å². The number of carboxylic acids is 1. The molecule has 0 saturated heterocycles. The molecule has 0 aliphatic heterocycles. The first kappa shape index (κ1) is 12.5. The molecule has 0 bridgehead atoms. The zero-order valence-corrected chi connectivity index (χ0v) is 9.28. The molecule has 0 spiro atoms. The van der Waals surface area contributed by atoms with Crippen LogP contribution in [-0.2, 0) is 4.79 Å². The number of aliphatic carboxylic acids is 1. The van der Waals surface area contributed by atoms with Crippen LogP contribution in [0.2, 0.25) is 0 Å². The smallest absolute Gasteiger partial charge is 0.312 e. The Labute approximate surface area is 90.5 Å². The molecular weight excluding hydrogens is 194 g/mol. The van der Waals surface area contributed by atoms with Crippen molar-refractivity contribution in [2.45, 2.75) is 57.6 Å². The molecule has 1 aliphatic carbocycles. The molecule has 0 radical (unpaired) electrons. The van der Waals surface area contributed by atoms with Crippen LogP contribution in [-0.4, -0.2) is 28.3 Å². The second-order valence-corrected chi connectivity index (χ2v) is 4.63. The molecule has 0 amide bonds. The predicted octanol–water partition coefficient (Wildman–Crippen LogP) is 1.12. The highest BCUT2D eigenvalue weighted by Gasteiger charge is 2.50. The van der Waals surface area contributed by atoms with Crippen molar-refractivity contribution in [1.82, 2.24) is 0 Å². The van der Waals surface area contributed by atoms with E-state index >= 15 is 0 Å². The molecule has 3 unspecified atom stereocenters. The first-order chi connectivity index (χ1) is 7.03. The number of hydrogen-bond acceptors (Lipinski definition) is 3. The van der Waals surface area contributed by atoms with E-state index in [9.17, 15) is 15.0 Å². The summed E-state index contributed by atoms with van der Waals surface area (Å²) in [5, 5.41) is 19.1. The third-order valence-corrected chi connectivity index (χ3v) is 3.44. The summed E-state index contributed by atoms with van der Waals surface area (Å²) in [6.07, 6.45) is 3.51. The van der Waals surface area contributed by atoms with Crippen LogP contribution in [0.1, 0.15) is 45.4 Å². The molecule has 0 aromatic heterocycles. The maximum Gasteiger partial charge on any atom is 0.312 e. The number of hydrogen-bond donors (Lipinski definition) is 3. The van der Waals surface area contributed by atoms with E-state index in [0.717, 1.165) is 19.3 Å². The fourth-order valence-electron chi connectivity index (χ4n) is 2.50. The van der Waals surface area contributed by atoms with E-state index in [-0.39, 0.29) is 6.04 Å². The lowest BCUT2D eigenvalue weighted by Crippen LogP contribution is -2.38. The van der Waals surface area contributed by atoms with Crippen molar-refractivity contribution >= 4 is 5.97 Å². The predicted molar refractivity (Wildman–Crippen MR) is 57.4 cm³/mol. The fourth-order valence-corrected chi connectivity index (χ4v) is 2.50. The van der Waals surface area contributed by atoms with Gasteiger partial charge >= 0.3 is 5.97 Å². The Bertz CT molecular complexity index is 232. The van der Waals surface area contributed by atoms with Gasteiger partial charge in [0.05, 0.1) is 11.5 Å². The van der Waals surface area contributed by atoms with Crippen molar-refractivity contribution in [2.75, 3.05) is 0 Å². The SMILES string of the molecule is CCCCCC1(C(=O)O)CC(N)CC1O. The number of rotatable bonds is 5. The van der Waals surface area contributed by atoms with Crippen molar-refractivity contribution in [3.8, 4) is 0 Å². The molecule has 88 valence electrons. The number of carbonyl (C=O) groups is 1. The van der Waals surface area contributed by atoms with Crippen molar-refractivity contribution in [3.63, 3.8) is 0 Å². The second kappa shape index (κ2) is 4.94. The number of nitrogens with two attached hydrogens (primary N) is 1. The van der Waals surface area contributed by atoms with Crippen LogP contribution in [0.15, 0.2) is 0 Å². The maximum absolute atomic E-state index is 11.3. The Balaban J connectivity index is 2.66. The van der Waals surface area contributed by atoms with Gasteiger partial charge in [-0.15, -0.1) is 0 Å². The molecule has 0 aromatic carbocycles. The zero-order valence-electron chi connectivity index (χ0n) is 9.28. The van der Waals surface area contributed by atoms with E-state index in [0.29, 0.717) is 19.3 Å². The quantitative estimate of drug-likeness (QED) is 0.600. The van der Waals surface area contributed by atoms with Gasteiger partial charge in [-0.25, -0.2) is 0 Å². The molecule has 1 rings (SSSR count). The molecule has 1 aliphatic rings. The third-order valence-electron chi connectivity index (χ3n) is 3.44. The Morgan fingerprint density at radius 3 is 2.60 bits per heavy atom.